The van der Waals surface area contributed by atoms with Gasteiger partial charge >= 0.3 is 0 Å². The molecule has 0 aliphatic carbocycles. The maximum absolute atomic E-state index is 12.1. The predicted octanol–water partition coefficient (Wildman–Crippen LogP) is 2.17. The van der Waals surface area contributed by atoms with Gasteiger partial charge in [0.1, 0.15) is 11.6 Å². The number of methoxy groups -OCH3 is 1. The molecule has 1 fully saturated rings. The zero-order chi connectivity index (χ0) is 21.3. The highest BCUT2D eigenvalue weighted by atomic mass is 16.5. The lowest BCUT2D eigenvalue weighted by Gasteiger charge is -2.22. The number of anilines is 2. The molecule has 3 rings (SSSR count). The summed E-state index contributed by atoms with van der Waals surface area (Å²) >= 11 is 0. The van der Waals surface area contributed by atoms with Gasteiger partial charge in [0.05, 0.1) is 12.8 Å². The molecular weight excluding hydrogens is 380 g/mol. The molecule has 1 aromatic carbocycles. The number of hydrogen-bond acceptors (Lipinski definition) is 5. The summed E-state index contributed by atoms with van der Waals surface area (Å²) in [6, 6.07) is 13.9. The van der Waals surface area contributed by atoms with Gasteiger partial charge in [0.25, 0.3) is 0 Å². The topological polar surface area (TPSA) is 90.9 Å². The van der Waals surface area contributed by atoms with Crippen LogP contribution in [0.1, 0.15) is 18.5 Å². The Morgan fingerprint density at radius 2 is 2.10 bits per heavy atom. The number of guanidine groups is 1. The molecule has 1 unspecified atom stereocenters. The highest BCUT2D eigenvalue weighted by molar-refractivity contribution is 5.90. The lowest BCUT2D eigenvalue weighted by molar-refractivity contribution is -0.116. The number of aliphatic imine (C=N–C) groups is 1. The van der Waals surface area contributed by atoms with Crippen molar-refractivity contribution in [1.29, 1.82) is 0 Å². The van der Waals surface area contributed by atoms with Crippen molar-refractivity contribution in [1.82, 2.24) is 15.6 Å². The third-order valence-electron chi connectivity index (χ3n) is 4.98. The van der Waals surface area contributed by atoms with Crippen molar-refractivity contribution in [2.24, 2.45) is 4.99 Å². The van der Waals surface area contributed by atoms with E-state index in [-0.39, 0.29) is 11.9 Å². The molecule has 3 N–H and O–H groups in total. The molecule has 1 atom stereocenters. The molecule has 2 heterocycles. The van der Waals surface area contributed by atoms with Crippen molar-refractivity contribution in [3.05, 3.63) is 48.2 Å². The Balaban J connectivity index is 1.43. The maximum atomic E-state index is 12.1. The van der Waals surface area contributed by atoms with Crippen LogP contribution in [0.3, 0.4) is 0 Å². The molecule has 30 heavy (non-hydrogen) atoms. The van der Waals surface area contributed by atoms with Crippen molar-refractivity contribution >= 4 is 23.4 Å². The first-order chi connectivity index (χ1) is 14.6. The van der Waals surface area contributed by atoms with Crippen LogP contribution < -0.4 is 25.6 Å². The van der Waals surface area contributed by atoms with Gasteiger partial charge in [0.15, 0.2) is 5.96 Å². The number of amides is 1. The second kappa shape index (κ2) is 10.5. The van der Waals surface area contributed by atoms with Crippen molar-refractivity contribution < 1.29 is 9.53 Å². The van der Waals surface area contributed by atoms with Gasteiger partial charge in [-0.05, 0) is 37.6 Å². The molecule has 8 heteroatoms. The Bertz CT molecular complexity index is 885. The fourth-order valence-corrected chi connectivity index (χ4v) is 3.49. The predicted molar refractivity (Wildman–Crippen MR) is 120 cm³/mol. The van der Waals surface area contributed by atoms with Crippen LogP contribution in [0.15, 0.2) is 47.5 Å². The largest absolute Gasteiger partial charge is 0.495 e. The zero-order valence-electron chi connectivity index (χ0n) is 17.8. The van der Waals surface area contributed by atoms with Crippen molar-refractivity contribution in [3.8, 4) is 5.75 Å². The summed E-state index contributed by atoms with van der Waals surface area (Å²) in [5.74, 6) is 2.07. The number of nitrogens with one attached hydrogen (secondary N) is 3. The van der Waals surface area contributed by atoms with E-state index >= 15 is 0 Å². The molecule has 0 saturated carbocycles. The molecule has 1 aliphatic rings. The van der Waals surface area contributed by atoms with Gasteiger partial charge < -0.3 is 25.6 Å². The number of carbonyl (C=O) groups excluding carboxylic acids is 1. The molecule has 1 aromatic heterocycles. The first-order valence-corrected chi connectivity index (χ1v) is 10.2. The molecular formula is C22H30N6O2. The summed E-state index contributed by atoms with van der Waals surface area (Å²) in [5, 5.41) is 9.48. The SMILES string of the molecule is CN=C(NCCC(=O)Nc1cccc(C)n1)NC1CCN(c2ccccc2OC)C1. The Morgan fingerprint density at radius 3 is 2.87 bits per heavy atom. The van der Waals surface area contributed by atoms with E-state index in [1.807, 2.05) is 37.3 Å². The van der Waals surface area contributed by atoms with Gasteiger partial charge in [-0.1, -0.05) is 18.2 Å². The van der Waals surface area contributed by atoms with E-state index in [4.69, 9.17) is 4.74 Å². The molecule has 0 spiro atoms. The number of para-hydroxylation sites is 2. The van der Waals surface area contributed by atoms with Crippen molar-refractivity contribution in [2.45, 2.75) is 25.8 Å². The number of aryl methyl sites for hydroxylation is 1. The Labute approximate surface area is 177 Å². The number of ether oxygens (including phenoxy) is 1. The second-order valence-electron chi connectivity index (χ2n) is 7.21. The summed E-state index contributed by atoms with van der Waals surface area (Å²) in [6.07, 6.45) is 1.33. The van der Waals surface area contributed by atoms with E-state index in [0.29, 0.717) is 24.7 Å². The lowest BCUT2D eigenvalue weighted by atomic mass is 10.2. The minimum Gasteiger partial charge on any atom is -0.495 e. The van der Waals surface area contributed by atoms with Gasteiger partial charge in [-0.3, -0.25) is 9.79 Å². The smallest absolute Gasteiger partial charge is 0.227 e. The van der Waals surface area contributed by atoms with Crippen LogP contribution >= 0.6 is 0 Å². The van der Waals surface area contributed by atoms with Crippen LogP contribution in [0, 0.1) is 6.92 Å². The summed E-state index contributed by atoms with van der Waals surface area (Å²) in [7, 11) is 3.43. The van der Waals surface area contributed by atoms with E-state index in [1.165, 1.54) is 0 Å². The molecule has 2 aromatic rings. The van der Waals surface area contributed by atoms with E-state index < -0.39 is 0 Å². The van der Waals surface area contributed by atoms with E-state index in [2.05, 4.69) is 36.9 Å². The average molecular weight is 411 g/mol. The highest BCUT2D eigenvalue weighted by Crippen LogP contribution is 2.30. The minimum atomic E-state index is -0.0840. The number of hydrogen-bond donors (Lipinski definition) is 3. The molecule has 0 radical (unpaired) electrons. The second-order valence-corrected chi connectivity index (χ2v) is 7.21. The standard InChI is InChI=1S/C22H30N6O2/c1-16-7-6-10-20(25-16)27-21(29)11-13-24-22(23-2)26-17-12-14-28(15-17)18-8-4-5-9-19(18)30-3/h4-10,17H,11-15H2,1-3H3,(H2,23,24,26)(H,25,27,29). The number of nitrogens with zero attached hydrogens (tertiary/aromatic N) is 3. The lowest BCUT2D eigenvalue weighted by Crippen LogP contribution is -2.45. The number of rotatable bonds is 7. The van der Waals surface area contributed by atoms with E-state index in [9.17, 15) is 4.79 Å². The number of carbonyl (C=O) groups is 1. The van der Waals surface area contributed by atoms with Crippen LogP contribution in [0.25, 0.3) is 0 Å². The first-order valence-electron chi connectivity index (χ1n) is 10.2. The Morgan fingerprint density at radius 1 is 1.27 bits per heavy atom. The van der Waals surface area contributed by atoms with Crippen LogP contribution in [0.2, 0.25) is 0 Å². The Kier molecular flexibility index (Phi) is 7.48. The fraction of sp³-hybridized carbons (Fsp3) is 0.409. The molecule has 0 bridgehead atoms. The third kappa shape index (κ3) is 5.85. The highest BCUT2D eigenvalue weighted by Gasteiger charge is 2.25. The number of benzene rings is 1. The molecule has 1 amide bonds. The van der Waals surface area contributed by atoms with Gasteiger partial charge in [-0.25, -0.2) is 4.98 Å². The van der Waals surface area contributed by atoms with Gasteiger partial charge in [-0.2, -0.15) is 0 Å². The summed E-state index contributed by atoms with van der Waals surface area (Å²) < 4.78 is 5.48. The number of pyridine rings is 1. The van der Waals surface area contributed by atoms with Crippen LogP contribution in [-0.2, 0) is 4.79 Å². The van der Waals surface area contributed by atoms with Gasteiger partial charge in [-0.15, -0.1) is 0 Å². The number of aromatic nitrogens is 1. The van der Waals surface area contributed by atoms with Gasteiger partial charge in [0, 0.05) is 44.8 Å². The Hall–Kier alpha value is -3.29. The molecule has 8 nitrogen and oxygen atoms in total. The molecule has 1 saturated heterocycles. The monoisotopic (exact) mass is 410 g/mol. The zero-order valence-corrected chi connectivity index (χ0v) is 17.8. The first kappa shape index (κ1) is 21.4. The van der Waals surface area contributed by atoms with Crippen LogP contribution in [0.5, 0.6) is 5.75 Å². The average Bonchev–Trinajstić information content (AvgIpc) is 3.21. The summed E-state index contributed by atoms with van der Waals surface area (Å²) in [6.45, 7) is 4.19. The fourth-order valence-electron chi connectivity index (χ4n) is 3.49. The molecule has 160 valence electrons. The minimum absolute atomic E-state index is 0.0840. The summed E-state index contributed by atoms with van der Waals surface area (Å²) in [4.78, 5) is 23.0. The van der Waals surface area contributed by atoms with Crippen LogP contribution in [0.4, 0.5) is 11.5 Å². The van der Waals surface area contributed by atoms with E-state index in [1.54, 1.807) is 20.2 Å². The normalized spacial score (nSPS) is 16.3. The molecule has 1 aliphatic heterocycles. The van der Waals surface area contributed by atoms with Crippen molar-refractivity contribution in [2.75, 3.05) is 44.0 Å². The van der Waals surface area contributed by atoms with E-state index in [0.717, 1.165) is 36.6 Å². The summed E-state index contributed by atoms with van der Waals surface area (Å²) in [5.41, 5.74) is 1.97. The van der Waals surface area contributed by atoms with Crippen molar-refractivity contribution in [3.63, 3.8) is 0 Å². The third-order valence-corrected chi connectivity index (χ3v) is 4.98. The quantitative estimate of drug-likeness (QED) is 0.479. The maximum Gasteiger partial charge on any atom is 0.227 e. The van der Waals surface area contributed by atoms with Gasteiger partial charge in [0.2, 0.25) is 5.91 Å². The van der Waals surface area contributed by atoms with Crippen LogP contribution in [-0.4, -0.2) is 56.7 Å².